The summed E-state index contributed by atoms with van der Waals surface area (Å²) in [5.74, 6) is 1.32. The molecule has 1 heterocycles. The van der Waals surface area contributed by atoms with Crippen molar-refractivity contribution in [2.24, 2.45) is 0 Å². The second-order valence-corrected chi connectivity index (χ2v) is 7.51. The van der Waals surface area contributed by atoms with Gasteiger partial charge in [-0.3, -0.25) is 4.79 Å². The first-order valence-corrected chi connectivity index (χ1v) is 9.12. The zero-order chi connectivity index (χ0) is 19.7. The van der Waals surface area contributed by atoms with Crippen LogP contribution in [0, 0.1) is 0 Å². The van der Waals surface area contributed by atoms with Crippen LogP contribution in [0.4, 0.5) is 17.3 Å². The van der Waals surface area contributed by atoms with Crippen molar-refractivity contribution in [1.82, 2.24) is 9.97 Å². The van der Waals surface area contributed by atoms with Crippen LogP contribution >= 0.6 is 0 Å². The number of amides is 1. The Labute approximate surface area is 164 Å². The van der Waals surface area contributed by atoms with Crippen molar-refractivity contribution in [3.63, 3.8) is 0 Å². The Kier molecular flexibility index (Phi) is 4.47. The highest BCUT2D eigenvalue weighted by atomic mass is 16.5. The lowest BCUT2D eigenvalue weighted by molar-refractivity contribution is -0.105. The standard InChI is InChI=1S/C22H22N4O2/c1-22(2)11-14-12-23-21(25-16-6-4-5-15(9-16)24-13-27)26-20(14)18-10-17(28-3)7-8-19(18)22/h4-10,12-13H,11H2,1-3H3,(H,24,27)(H,23,25,26). The van der Waals surface area contributed by atoms with Crippen LogP contribution in [-0.4, -0.2) is 23.5 Å². The molecule has 0 atom stereocenters. The Morgan fingerprint density at radius 1 is 1.14 bits per heavy atom. The van der Waals surface area contributed by atoms with Crippen molar-refractivity contribution in [3.8, 4) is 17.0 Å². The molecule has 3 aromatic rings. The maximum Gasteiger partial charge on any atom is 0.227 e. The Balaban J connectivity index is 1.74. The molecule has 1 aromatic heterocycles. The number of carbonyl (C=O) groups excluding carboxylic acids is 1. The fourth-order valence-corrected chi connectivity index (χ4v) is 3.72. The lowest BCUT2D eigenvalue weighted by Crippen LogP contribution is -2.26. The van der Waals surface area contributed by atoms with E-state index in [1.54, 1.807) is 7.11 Å². The van der Waals surface area contributed by atoms with Crippen LogP contribution in [0.25, 0.3) is 11.3 Å². The third kappa shape index (κ3) is 3.29. The molecule has 28 heavy (non-hydrogen) atoms. The summed E-state index contributed by atoms with van der Waals surface area (Å²) < 4.78 is 5.43. The van der Waals surface area contributed by atoms with Crippen LogP contribution in [-0.2, 0) is 16.6 Å². The molecule has 1 aliphatic carbocycles. The fourth-order valence-electron chi connectivity index (χ4n) is 3.72. The molecular weight excluding hydrogens is 352 g/mol. The Hall–Kier alpha value is -3.41. The van der Waals surface area contributed by atoms with Gasteiger partial charge in [-0.15, -0.1) is 0 Å². The van der Waals surface area contributed by atoms with Gasteiger partial charge in [-0.05, 0) is 53.3 Å². The van der Waals surface area contributed by atoms with Gasteiger partial charge in [0, 0.05) is 23.1 Å². The predicted octanol–water partition coefficient (Wildman–Crippen LogP) is 4.30. The number of fused-ring (bicyclic) bond motifs is 3. The lowest BCUT2D eigenvalue weighted by Gasteiger charge is -2.33. The number of aromatic nitrogens is 2. The summed E-state index contributed by atoms with van der Waals surface area (Å²) in [6, 6.07) is 13.6. The summed E-state index contributed by atoms with van der Waals surface area (Å²) in [6.45, 7) is 4.47. The van der Waals surface area contributed by atoms with Gasteiger partial charge in [0.15, 0.2) is 0 Å². The topological polar surface area (TPSA) is 76.1 Å². The highest BCUT2D eigenvalue weighted by molar-refractivity contribution is 5.76. The van der Waals surface area contributed by atoms with E-state index < -0.39 is 0 Å². The van der Waals surface area contributed by atoms with E-state index in [4.69, 9.17) is 9.72 Å². The minimum atomic E-state index is 0.00173. The van der Waals surface area contributed by atoms with E-state index in [0.29, 0.717) is 18.0 Å². The van der Waals surface area contributed by atoms with Crippen LogP contribution in [0.3, 0.4) is 0 Å². The molecule has 0 saturated carbocycles. The van der Waals surface area contributed by atoms with Crippen molar-refractivity contribution in [1.29, 1.82) is 0 Å². The average molecular weight is 374 g/mol. The van der Waals surface area contributed by atoms with Gasteiger partial charge in [-0.2, -0.15) is 0 Å². The number of methoxy groups -OCH3 is 1. The predicted molar refractivity (Wildman–Crippen MR) is 110 cm³/mol. The molecule has 4 rings (SSSR count). The summed E-state index contributed by atoms with van der Waals surface area (Å²) in [6.07, 6.45) is 3.42. The second-order valence-electron chi connectivity index (χ2n) is 7.51. The van der Waals surface area contributed by atoms with Gasteiger partial charge in [-0.1, -0.05) is 26.0 Å². The quantitative estimate of drug-likeness (QED) is 0.651. The van der Waals surface area contributed by atoms with E-state index in [-0.39, 0.29) is 5.41 Å². The Morgan fingerprint density at radius 3 is 2.75 bits per heavy atom. The summed E-state index contributed by atoms with van der Waals surface area (Å²) >= 11 is 0. The zero-order valence-electron chi connectivity index (χ0n) is 16.1. The molecule has 1 amide bonds. The molecule has 6 nitrogen and oxygen atoms in total. The fraction of sp³-hybridized carbons (Fsp3) is 0.227. The molecule has 0 radical (unpaired) electrons. The summed E-state index contributed by atoms with van der Waals surface area (Å²) in [5.41, 5.74) is 5.88. The van der Waals surface area contributed by atoms with Crippen LogP contribution < -0.4 is 15.4 Å². The first-order valence-electron chi connectivity index (χ1n) is 9.12. The lowest BCUT2D eigenvalue weighted by atomic mass is 9.72. The molecule has 0 spiro atoms. The molecular formula is C22H22N4O2. The van der Waals surface area contributed by atoms with Crippen molar-refractivity contribution in [2.45, 2.75) is 25.7 Å². The normalized spacial score (nSPS) is 13.8. The molecule has 0 bridgehead atoms. The summed E-state index contributed by atoms with van der Waals surface area (Å²) in [5, 5.41) is 5.87. The molecule has 1 aliphatic rings. The molecule has 0 fully saturated rings. The molecule has 6 heteroatoms. The number of anilines is 3. The molecule has 0 aliphatic heterocycles. The first-order chi connectivity index (χ1) is 13.5. The first kappa shape index (κ1) is 18.0. The number of hydrogen-bond donors (Lipinski definition) is 2. The van der Waals surface area contributed by atoms with Crippen LogP contribution in [0.15, 0.2) is 48.7 Å². The Morgan fingerprint density at radius 2 is 1.96 bits per heavy atom. The van der Waals surface area contributed by atoms with E-state index in [0.717, 1.165) is 34.7 Å². The smallest absolute Gasteiger partial charge is 0.227 e. The van der Waals surface area contributed by atoms with Gasteiger partial charge in [0.1, 0.15) is 5.75 Å². The van der Waals surface area contributed by atoms with E-state index in [9.17, 15) is 4.79 Å². The highest BCUT2D eigenvalue weighted by Crippen LogP contribution is 2.43. The zero-order valence-corrected chi connectivity index (χ0v) is 16.1. The maximum atomic E-state index is 10.7. The molecule has 142 valence electrons. The number of nitrogens with zero attached hydrogens (tertiary/aromatic N) is 2. The molecule has 0 unspecified atom stereocenters. The number of nitrogens with one attached hydrogen (secondary N) is 2. The summed E-state index contributed by atoms with van der Waals surface area (Å²) in [7, 11) is 1.67. The minimum Gasteiger partial charge on any atom is -0.497 e. The SMILES string of the molecule is COc1ccc2c(c1)-c1nc(Nc3cccc(NC=O)c3)ncc1CC2(C)C. The van der Waals surface area contributed by atoms with Crippen LogP contribution in [0.2, 0.25) is 0 Å². The number of ether oxygens (including phenoxy) is 1. The molecule has 2 aromatic carbocycles. The summed E-state index contributed by atoms with van der Waals surface area (Å²) in [4.78, 5) is 20.0. The highest BCUT2D eigenvalue weighted by Gasteiger charge is 2.32. The number of benzene rings is 2. The number of hydrogen-bond acceptors (Lipinski definition) is 5. The van der Waals surface area contributed by atoms with E-state index in [2.05, 4.69) is 35.5 Å². The van der Waals surface area contributed by atoms with Crippen molar-refractivity contribution in [2.75, 3.05) is 17.7 Å². The monoisotopic (exact) mass is 374 g/mol. The number of rotatable bonds is 5. The van der Waals surface area contributed by atoms with E-state index in [1.165, 1.54) is 5.56 Å². The van der Waals surface area contributed by atoms with E-state index in [1.807, 2.05) is 42.6 Å². The third-order valence-corrected chi connectivity index (χ3v) is 5.05. The van der Waals surface area contributed by atoms with Gasteiger partial charge >= 0.3 is 0 Å². The molecule has 0 saturated heterocycles. The van der Waals surface area contributed by atoms with Gasteiger partial charge in [0.25, 0.3) is 0 Å². The van der Waals surface area contributed by atoms with Crippen LogP contribution in [0.5, 0.6) is 5.75 Å². The third-order valence-electron chi connectivity index (χ3n) is 5.05. The van der Waals surface area contributed by atoms with Crippen molar-refractivity contribution < 1.29 is 9.53 Å². The second kappa shape index (κ2) is 6.96. The van der Waals surface area contributed by atoms with Gasteiger partial charge in [0.2, 0.25) is 12.4 Å². The minimum absolute atomic E-state index is 0.00173. The number of carbonyl (C=O) groups is 1. The van der Waals surface area contributed by atoms with Crippen molar-refractivity contribution >= 4 is 23.7 Å². The van der Waals surface area contributed by atoms with Gasteiger partial charge in [-0.25, -0.2) is 9.97 Å². The van der Waals surface area contributed by atoms with Gasteiger partial charge < -0.3 is 15.4 Å². The molecule has 2 N–H and O–H groups in total. The maximum absolute atomic E-state index is 10.7. The van der Waals surface area contributed by atoms with Gasteiger partial charge in [0.05, 0.1) is 12.8 Å². The van der Waals surface area contributed by atoms with E-state index >= 15 is 0 Å². The van der Waals surface area contributed by atoms with Crippen LogP contribution in [0.1, 0.15) is 25.0 Å². The Bertz CT molecular complexity index is 1050. The average Bonchev–Trinajstić information content (AvgIpc) is 2.68. The largest absolute Gasteiger partial charge is 0.497 e. The van der Waals surface area contributed by atoms with Crippen molar-refractivity contribution in [3.05, 3.63) is 59.8 Å².